The lowest BCUT2D eigenvalue weighted by Crippen LogP contribution is -2.41. The zero-order chi connectivity index (χ0) is 14.7. The number of H-pyrrole nitrogens is 1. The van der Waals surface area contributed by atoms with Crippen LogP contribution in [-0.4, -0.2) is 56.6 Å². The highest BCUT2D eigenvalue weighted by atomic mass is 32.2. The molecule has 1 aliphatic heterocycles. The number of carbonyl (C=O) groups is 1. The lowest BCUT2D eigenvalue weighted by atomic mass is 10.1. The Hall–Kier alpha value is -2.09. The van der Waals surface area contributed by atoms with E-state index in [1.807, 2.05) is 12.1 Å². The van der Waals surface area contributed by atoms with Crippen molar-refractivity contribution in [2.75, 3.05) is 25.2 Å². The van der Waals surface area contributed by atoms with Crippen LogP contribution in [0.4, 0.5) is 0 Å². The first-order valence-electron chi connectivity index (χ1n) is 6.56. The second-order valence-corrected chi connectivity index (χ2v) is 5.71. The van der Waals surface area contributed by atoms with Gasteiger partial charge in [-0.1, -0.05) is 17.3 Å². The third-order valence-corrected chi connectivity index (χ3v) is 4.41. The van der Waals surface area contributed by atoms with E-state index in [2.05, 4.69) is 20.6 Å². The number of aromatic amines is 1. The Kier molecular flexibility index (Phi) is 4.05. The fraction of sp³-hybridized carbons (Fsp3) is 0.385. The number of carbonyl (C=O) groups excluding carboxylic acids is 1. The lowest BCUT2D eigenvalue weighted by molar-refractivity contribution is 0.0691. The summed E-state index contributed by atoms with van der Waals surface area (Å²) in [7, 11) is 1.56. The molecule has 1 saturated heterocycles. The highest BCUT2D eigenvalue weighted by Gasteiger charge is 2.32. The molecule has 1 amide bonds. The largest absolute Gasteiger partial charge is 0.496 e. The monoisotopic (exact) mass is 305 g/mol. The van der Waals surface area contributed by atoms with E-state index >= 15 is 0 Å². The van der Waals surface area contributed by atoms with Crippen molar-refractivity contribution in [3.8, 4) is 5.75 Å². The van der Waals surface area contributed by atoms with E-state index in [9.17, 15) is 4.79 Å². The third kappa shape index (κ3) is 2.71. The van der Waals surface area contributed by atoms with Gasteiger partial charge in [0.25, 0.3) is 5.91 Å². The van der Waals surface area contributed by atoms with Gasteiger partial charge in [-0.25, -0.2) is 0 Å². The number of ether oxygens (including phenoxy) is 1. The van der Waals surface area contributed by atoms with Gasteiger partial charge in [0.05, 0.1) is 12.7 Å². The molecule has 3 rings (SSSR count). The minimum Gasteiger partial charge on any atom is -0.496 e. The van der Waals surface area contributed by atoms with Crippen LogP contribution in [0.1, 0.15) is 22.2 Å². The van der Waals surface area contributed by atoms with Gasteiger partial charge < -0.3 is 9.64 Å². The summed E-state index contributed by atoms with van der Waals surface area (Å²) in [6.07, 6.45) is 0. The van der Waals surface area contributed by atoms with Crippen molar-refractivity contribution in [1.82, 2.24) is 25.5 Å². The molecule has 1 aromatic carbocycles. The predicted octanol–water partition coefficient (Wildman–Crippen LogP) is 1.14. The van der Waals surface area contributed by atoms with E-state index < -0.39 is 0 Å². The lowest BCUT2D eigenvalue weighted by Gasteiger charge is -2.33. The van der Waals surface area contributed by atoms with Crippen molar-refractivity contribution in [3.63, 3.8) is 0 Å². The van der Waals surface area contributed by atoms with Crippen molar-refractivity contribution in [2.24, 2.45) is 0 Å². The quantitative estimate of drug-likeness (QED) is 0.915. The minimum atomic E-state index is -0.167. The number of nitrogens with zero attached hydrogens (tertiary/aromatic N) is 4. The number of rotatable bonds is 3. The van der Waals surface area contributed by atoms with Gasteiger partial charge in [-0.2, -0.15) is 17.0 Å². The SMILES string of the molecule is COc1ccccc1C(=O)N1CCSCC1c1nn[nH]n1. The molecule has 0 saturated carbocycles. The normalized spacial score (nSPS) is 18.5. The molecular formula is C13H15N5O2S. The molecule has 1 aromatic heterocycles. The maximum Gasteiger partial charge on any atom is 0.258 e. The van der Waals surface area contributed by atoms with Gasteiger partial charge in [0.2, 0.25) is 0 Å². The molecule has 21 heavy (non-hydrogen) atoms. The topological polar surface area (TPSA) is 84.0 Å². The Bertz CT molecular complexity index is 619. The van der Waals surface area contributed by atoms with Crippen LogP contribution in [0.3, 0.4) is 0 Å². The molecule has 0 radical (unpaired) electrons. The van der Waals surface area contributed by atoms with Crippen LogP contribution in [0, 0.1) is 0 Å². The maximum atomic E-state index is 12.8. The van der Waals surface area contributed by atoms with Crippen LogP contribution in [0.2, 0.25) is 0 Å². The summed E-state index contributed by atoms with van der Waals surface area (Å²) in [5.41, 5.74) is 0.556. The summed E-state index contributed by atoms with van der Waals surface area (Å²) < 4.78 is 5.28. The number of nitrogens with one attached hydrogen (secondary N) is 1. The zero-order valence-corrected chi connectivity index (χ0v) is 12.3. The fourth-order valence-electron chi connectivity index (χ4n) is 2.35. The fourth-order valence-corrected chi connectivity index (χ4v) is 3.39. The van der Waals surface area contributed by atoms with E-state index in [1.54, 1.807) is 35.9 Å². The number of hydrogen-bond acceptors (Lipinski definition) is 6. The molecular weight excluding hydrogens is 290 g/mol. The number of thioether (sulfide) groups is 1. The Morgan fingerprint density at radius 3 is 3.10 bits per heavy atom. The average molecular weight is 305 g/mol. The predicted molar refractivity (Wildman–Crippen MR) is 78.3 cm³/mol. The Labute approximate surface area is 126 Å². The molecule has 1 aliphatic rings. The summed E-state index contributed by atoms with van der Waals surface area (Å²) in [5.74, 6) is 2.72. The molecule has 2 aromatic rings. The summed E-state index contributed by atoms with van der Waals surface area (Å²) in [6, 6.07) is 7.07. The molecule has 8 heteroatoms. The van der Waals surface area contributed by atoms with Crippen LogP contribution in [0.5, 0.6) is 5.75 Å². The van der Waals surface area contributed by atoms with Crippen LogP contribution in [-0.2, 0) is 0 Å². The number of methoxy groups -OCH3 is 1. The Morgan fingerprint density at radius 2 is 2.33 bits per heavy atom. The molecule has 1 unspecified atom stereocenters. The number of amides is 1. The highest BCUT2D eigenvalue weighted by molar-refractivity contribution is 7.99. The number of tetrazole rings is 1. The summed E-state index contributed by atoms with van der Waals surface area (Å²) in [6.45, 7) is 0.654. The molecule has 0 spiro atoms. The minimum absolute atomic E-state index is 0.0671. The smallest absolute Gasteiger partial charge is 0.258 e. The second kappa shape index (κ2) is 6.13. The molecule has 0 aliphatic carbocycles. The van der Waals surface area contributed by atoms with E-state index in [4.69, 9.17) is 4.74 Å². The Morgan fingerprint density at radius 1 is 1.48 bits per heavy atom. The van der Waals surface area contributed by atoms with Gasteiger partial charge in [-0.15, -0.1) is 10.2 Å². The first kappa shape index (κ1) is 13.9. The van der Waals surface area contributed by atoms with E-state index in [0.29, 0.717) is 23.7 Å². The number of benzene rings is 1. The van der Waals surface area contributed by atoms with Gasteiger partial charge in [-0.05, 0) is 12.1 Å². The number of hydrogen-bond donors (Lipinski definition) is 1. The first-order valence-corrected chi connectivity index (χ1v) is 7.72. The van der Waals surface area contributed by atoms with Gasteiger partial charge in [0, 0.05) is 18.1 Å². The van der Waals surface area contributed by atoms with Crippen LogP contribution in [0.15, 0.2) is 24.3 Å². The molecule has 7 nitrogen and oxygen atoms in total. The second-order valence-electron chi connectivity index (χ2n) is 4.56. The summed E-state index contributed by atoms with van der Waals surface area (Å²) >= 11 is 1.78. The number of para-hydroxylation sites is 1. The molecule has 0 bridgehead atoms. The van der Waals surface area contributed by atoms with Crippen molar-refractivity contribution >= 4 is 17.7 Å². The number of aromatic nitrogens is 4. The van der Waals surface area contributed by atoms with Crippen LogP contribution >= 0.6 is 11.8 Å². The van der Waals surface area contributed by atoms with Gasteiger partial charge in [0.15, 0.2) is 5.82 Å². The van der Waals surface area contributed by atoms with Crippen molar-refractivity contribution < 1.29 is 9.53 Å². The van der Waals surface area contributed by atoms with Crippen molar-refractivity contribution in [3.05, 3.63) is 35.7 Å². The third-order valence-electron chi connectivity index (χ3n) is 3.39. The summed E-state index contributed by atoms with van der Waals surface area (Å²) in [5, 5.41) is 14.1. The molecule has 2 heterocycles. The average Bonchev–Trinajstić information content (AvgIpc) is 3.08. The molecule has 1 fully saturated rings. The van der Waals surface area contributed by atoms with Crippen LogP contribution in [0.25, 0.3) is 0 Å². The van der Waals surface area contributed by atoms with E-state index in [0.717, 1.165) is 11.5 Å². The van der Waals surface area contributed by atoms with Crippen molar-refractivity contribution in [1.29, 1.82) is 0 Å². The molecule has 1 atom stereocenters. The van der Waals surface area contributed by atoms with E-state index in [-0.39, 0.29) is 11.9 Å². The molecule has 1 N–H and O–H groups in total. The van der Waals surface area contributed by atoms with Gasteiger partial charge in [0.1, 0.15) is 11.8 Å². The zero-order valence-electron chi connectivity index (χ0n) is 11.5. The summed E-state index contributed by atoms with van der Waals surface area (Å²) in [4.78, 5) is 14.6. The van der Waals surface area contributed by atoms with Crippen molar-refractivity contribution in [2.45, 2.75) is 6.04 Å². The maximum absolute atomic E-state index is 12.8. The van der Waals surface area contributed by atoms with E-state index in [1.165, 1.54) is 0 Å². The van der Waals surface area contributed by atoms with Gasteiger partial charge >= 0.3 is 0 Å². The first-order chi connectivity index (χ1) is 10.3. The standard InChI is InChI=1S/C13H15N5O2S/c1-20-11-5-3-2-4-9(11)13(19)18-6-7-21-8-10(18)12-14-16-17-15-12/h2-5,10H,6-8H2,1H3,(H,14,15,16,17). The van der Waals surface area contributed by atoms with Gasteiger partial charge in [-0.3, -0.25) is 4.79 Å². The molecule has 110 valence electrons. The Balaban J connectivity index is 1.91. The van der Waals surface area contributed by atoms with Crippen LogP contribution < -0.4 is 4.74 Å². The highest BCUT2D eigenvalue weighted by Crippen LogP contribution is 2.30.